The maximum absolute atomic E-state index is 13.1. The van der Waals surface area contributed by atoms with E-state index < -0.39 is 15.8 Å². The Balaban J connectivity index is 1.53. The normalized spacial score (nSPS) is 16.0. The third-order valence-corrected chi connectivity index (χ3v) is 6.73. The van der Waals surface area contributed by atoms with Crippen molar-refractivity contribution in [2.75, 3.05) is 4.72 Å². The molecule has 0 radical (unpaired) electrons. The molecule has 0 aromatic heterocycles. The Kier molecular flexibility index (Phi) is 5.99. The number of amides is 1. The standard InChI is InChI=1S/C23H19ClFN3O3S/c1-15(29)28-23(17-2-6-18(24)7-3-17)14-22(26-28)16-4-10-20(11-5-16)27-32(30,31)21-12-8-19(25)9-13-21/h2-13,23,27H,14H2,1H3. The lowest BCUT2D eigenvalue weighted by Gasteiger charge is -2.20. The number of sulfonamides is 1. The summed E-state index contributed by atoms with van der Waals surface area (Å²) in [6.07, 6.45) is 0.516. The molecular weight excluding hydrogens is 453 g/mol. The number of carbonyl (C=O) groups excluding carboxylic acids is 1. The third kappa shape index (κ3) is 4.66. The second-order valence-electron chi connectivity index (χ2n) is 7.32. The van der Waals surface area contributed by atoms with Gasteiger partial charge in [-0.3, -0.25) is 9.52 Å². The van der Waals surface area contributed by atoms with Crippen molar-refractivity contribution < 1.29 is 17.6 Å². The third-order valence-electron chi connectivity index (χ3n) is 5.08. The molecule has 0 spiro atoms. The van der Waals surface area contributed by atoms with Crippen LogP contribution in [0.1, 0.15) is 30.5 Å². The summed E-state index contributed by atoms with van der Waals surface area (Å²) in [6.45, 7) is 1.46. The highest BCUT2D eigenvalue weighted by Gasteiger charge is 2.31. The first kappa shape index (κ1) is 22.0. The summed E-state index contributed by atoms with van der Waals surface area (Å²) in [5.41, 5.74) is 2.77. The van der Waals surface area contributed by atoms with Crippen molar-refractivity contribution in [2.45, 2.75) is 24.3 Å². The van der Waals surface area contributed by atoms with Crippen LogP contribution in [0, 0.1) is 5.82 Å². The summed E-state index contributed by atoms with van der Waals surface area (Å²) in [5, 5.41) is 6.55. The molecule has 0 saturated carbocycles. The Labute approximate surface area is 190 Å². The predicted molar refractivity (Wildman–Crippen MR) is 122 cm³/mol. The van der Waals surface area contributed by atoms with Gasteiger partial charge in [0.1, 0.15) is 5.82 Å². The van der Waals surface area contributed by atoms with Gasteiger partial charge in [-0.1, -0.05) is 35.9 Å². The maximum atomic E-state index is 13.1. The van der Waals surface area contributed by atoms with E-state index in [4.69, 9.17) is 11.6 Å². The molecule has 0 aliphatic carbocycles. The lowest BCUT2D eigenvalue weighted by molar-refractivity contribution is -0.130. The fourth-order valence-corrected chi connectivity index (χ4v) is 4.66. The maximum Gasteiger partial charge on any atom is 0.261 e. The van der Waals surface area contributed by atoms with Crippen LogP contribution >= 0.6 is 11.6 Å². The first-order chi connectivity index (χ1) is 15.2. The summed E-state index contributed by atoms with van der Waals surface area (Å²) in [7, 11) is -3.84. The van der Waals surface area contributed by atoms with Crippen LogP contribution in [0.3, 0.4) is 0 Å². The summed E-state index contributed by atoms with van der Waals surface area (Å²) in [6, 6.07) is 18.3. The van der Waals surface area contributed by atoms with E-state index in [1.807, 2.05) is 12.1 Å². The molecule has 3 aromatic rings. The van der Waals surface area contributed by atoms with Crippen molar-refractivity contribution in [3.05, 3.63) is 94.8 Å². The van der Waals surface area contributed by atoms with Crippen molar-refractivity contribution in [3.8, 4) is 0 Å². The van der Waals surface area contributed by atoms with Gasteiger partial charge in [0.25, 0.3) is 10.0 Å². The Bertz CT molecular complexity index is 1280. The predicted octanol–water partition coefficient (Wildman–Crippen LogP) is 4.98. The lowest BCUT2D eigenvalue weighted by Crippen LogP contribution is -2.24. The van der Waals surface area contributed by atoms with Gasteiger partial charge in [-0.25, -0.2) is 17.8 Å². The molecule has 1 atom stereocenters. The SMILES string of the molecule is CC(=O)N1N=C(c2ccc(NS(=O)(=O)c3ccc(F)cc3)cc2)CC1c1ccc(Cl)cc1. The largest absolute Gasteiger partial charge is 0.280 e. The molecule has 6 nitrogen and oxygen atoms in total. The first-order valence-electron chi connectivity index (χ1n) is 9.74. The molecule has 32 heavy (non-hydrogen) atoms. The van der Waals surface area contributed by atoms with Crippen LogP contribution in [0.4, 0.5) is 10.1 Å². The van der Waals surface area contributed by atoms with E-state index in [-0.39, 0.29) is 16.8 Å². The summed E-state index contributed by atoms with van der Waals surface area (Å²) >= 11 is 5.97. The summed E-state index contributed by atoms with van der Waals surface area (Å²) in [5.74, 6) is -0.689. The molecule has 9 heteroatoms. The quantitative estimate of drug-likeness (QED) is 0.570. The average molecular weight is 472 g/mol. The smallest absolute Gasteiger partial charge is 0.261 e. The van der Waals surface area contributed by atoms with Gasteiger partial charge in [0.2, 0.25) is 5.91 Å². The van der Waals surface area contributed by atoms with E-state index in [1.165, 1.54) is 24.1 Å². The van der Waals surface area contributed by atoms with E-state index >= 15 is 0 Å². The molecule has 1 heterocycles. The molecule has 164 valence electrons. The van der Waals surface area contributed by atoms with Crippen LogP contribution in [0.2, 0.25) is 5.02 Å². The monoisotopic (exact) mass is 471 g/mol. The molecule has 0 bridgehead atoms. The van der Waals surface area contributed by atoms with E-state index in [9.17, 15) is 17.6 Å². The molecule has 1 N–H and O–H groups in total. The molecule has 1 aliphatic heterocycles. The highest BCUT2D eigenvalue weighted by atomic mass is 35.5. The fourth-order valence-electron chi connectivity index (χ4n) is 3.48. The number of halogens is 2. The van der Waals surface area contributed by atoms with Gasteiger partial charge in [-0.15, -0.1) is 0 Å². The molecule has 4 rings (SSSR count). The highest BCUT2D eigenvalue weighted by Crippen LogP contribution is 2.33. The number of carbonyl (C=O) groups is 1. The van der Waals surface area contributed by atoms with Crippen LogP contribution in [0.15, 0.2) is 82.8 Å². The number of hydrogen-bond donors (Lipinski definition) is 1. The Hall–Kier alpha value is -3.23. The Morgan fingerprint density at radius 1 is 1.03 bits per heavy atom. The first-order valence-corrected chi connectivity index (χ1v) is 11.6. The van der Waals surface area contributed by atoms with Crippen molar-refractivity contribution in [2.24, 2.45) is 5.10 Å². The van der Waals surface area contributed by atoms with Gasteiger partial charge in [-0.05, 0) is 59.7 Å². The minimum atomic E-state index is -3.84. The highest BCUT2D eigenvalue weighted by molar-refractivity contribution is 7.92. The molecule has 0 saturated heterocycles. The number of rotatable bonds is 5. The van der Waals surface area contributed by atoms with Crippen LogP contribution in [0.5, 0.6) is 0 Å². The number of nitrogens with one attached hydrogen (secondary N) is 1. The van der Waals surface area contributed by atoms with Gasteiger partial charge in [0.15, 0.2) is 0 Å². The summed E-state index contributed by atoms with van der Waals surface area (Å²) in [4.78, 5) is 12.1. The molecule has 1 aliphatic rings. The second kappa shape index (κ2) is 8.72. The molecule has 1 amide bonds. The van der Waals surface area contributed by atoms with Gasteiger partial charge < -0.3 is 0 Å². The molecule has 0 fully saturated rings. The van der Waals surface area contributed by atoms with E-state index in [0.29, 0.717) is 22.8 Å². The van der Waals surface area contributed by atoms with Gasteiger partial charge in [0.05, 0.1) is 16.6 Å². The van der Waals surface area contributed by atoms with E-state index in [0.717, 1.165) is 23.3 Å². The van der Waals surface area contributed by atoms with Crippen molar-refractivity contribution in [3.63, 3.8) is 0 Å². The molecule has 1 unspecified atom stereocenters. The van der Waals surface area contributed by atoms with Crippen LogP contribution in [0.25, 0.3) is 0 Å². The van der Waals surface area contributed by atoms with Gasteiger partial charge in [0, 0.05) is 24.1 Å². The topological polar surface area (TPSA) is 78.8 Å². The Morgan fingerprint density at radius 2 is 1.66 bits per heavy atom. The van der Waals surface area contributed by atoms with Crippen LogP contribution in [-0.2, 0) is 14.8 Å². The summed E-state index contributed by atoms with van der Waals surface area (Å²) < 4.78 is 40.5. The number of benzene rings is 3. The Morgan fingerprint density at radius 3 is 2.25 bits per heavy atom. The van der Waals surface area contributed by atoms with Gasteiger partial charge in [-0.2, -0.15) is 5.10 Å². The zero-order valence-corrected chi connectivity index (χ0v) is 18.6. The number of hydrogen-bond acceptors (Lipinski definition) is 4. The van der Waals surface area contributed by atoms with E-state index in [1.54, 1.807) is 36.4 Å². The van der Waals surface area contributed by atoms with Crippen LogP contribution in [-0.4, -0.2) is 25.0 Å². The number of nitrogens with zero attached hydrogens (tertiary/aromatic N) is 2. The van der Waals surface area contributed by atoms with Gasteiger partial charge >= 0.3 is 0 Å². The number of hydrazone groups is 1. The van der Waals surface area contributed by atoms with Crippen molar-refractivity contribution >= 4 is 38.9 Å². The molecular formula is C23H19ClFN3O3S. The lowest BCUT2D eigenvalue weighted by atomic mass is 9.98. The minimum Gasteiger partial charge on any atom is -0.280 e. The second-order valence-corrected chi connectivity index (χ2v) is 9.44. The van der Waals surface area contributed by atoms with E-state index in [2.05, 4.69) is 9.82 Å². The van der Waals surface area contributed by atoms with Crippen molar-refractivity contribution in [1.82, 2.24) is 5.01 Å². The number of anilines is 1. The average Bonchev–Trinajstić information content (AvgIpc) is 3.21. The van der Waals surface area contributed by atoms with Crippen molar-refractivity contribution in [1.29, 1.82) is 0 Å². The zero-order chi connectivity index (χ0) is 22.9. The fraction of sp³-hybridized carbons (Fsp3) is 0.130. The minimum absolute atomic E-state index is 0.0361. The molecule has 3 aromatic carbocycles. The van der Waals surface area contributed by atoms with Crippen LogP contribution < -0.4 is 4.72 Å². The zero-order valence-electron chi connectivity index (χ0n) is 17.0.